The van der Waals surface area contributed by atoms with Crippen LogP contribution in [-0.2, 0) is 19.1 Å². The summed E-state index contributed by atoms with van der Waals surface area (Å²) in [4.78, 5) is 32.7. The molecule has 2 N–H and O–H groups in total. The van der Waals surface area contributed by atoms with Gasteiger partial charge in [-0.15, -0.1) is 11.3 Å². The van der Waals surface area contributed by atoms with E-state index in [1.54, 1.807) is 13.8 Å². The Bertz CT molecular complexity index is 885. The summed E-state index contributed by atoms with van der Waals surface area (Å²) in [5.74, 6) is -1.35. The summed E-state index contributed by atoms with van der Waals surface area (Å²) in [7, 11) is 0. The quantitative estimate of drug-likeness (QED) is 0.259. The SMILES string of the molecule is CCOC(=O)C(=Cc1ccc(C(c2ccc[nH]2)c2ccc[nH]2)s1)C(=O)OCC. The van der Waals surface area contributed by atoms with Crippen LogP contribution in [0.3, 0.4) is 0 Å². The van der Waals surface area contributed by atoms with Gasteiger partial charge in [0, 0.05) is 33.5 Å². The van der Waals surface area contributed by atoms with Crippen molar-refractivity contribution in [2.75, 3.05) is 13.2 Å². The van der Waals surface area contributed by atoms with Gasteiger partial charge >= 0.3 is 11.9 Å². The van der Waals surface area contributed by atoms with Crippen molar-refractivity contribution < 1.29 is 19.1 Å². The van der Waals surface area contributed by atoms with Gasteiger partial charge in [0.15, 0.2) is 0 Å². The lowest BCUT2D eigenvalue weighted by molar-refractivity contribution is -0.146. The Balaban J connectivity index is 1.95. The van der Waals surface area contributed by atoms with Gasteiger partial charge in [-0.2, -0.15) is 0 Å². The molecule has 0 aliphatic heterocycles. The third-order valence-electron chi connectivity index (χ3n) is 4.08. The third-order valence-corrected chi connectivity index (χ3v) is 5.17. The molecule has 3 rings (SSSR count). The lowest BCUT2D eigenvalue weighted by Crippen LogP contribution is -2.18. The molecule has 0 aliphatic carbocycles. The number of nitrogens with one attached hydrogen (secondary N) is 2. The first-order valence-corrected chi connectivity index (χ1v) is 9.87. The molecule has 0 fully saturated rings. The van der Waals surface area contributed by atoms with Crippen LogP contribution in [0.5, 0.6) is 0 Å². The highest BCUT2D eigenvalue weighted by Crippen LogP contribution is 2.35. The fourth-order valence-electron chi connectivity index (χ4n) is 2.88. The molecule has 146 valence electrons. The summed E-state index contributed by atoms with van der Waals surface area (Å²) in [6.07, 6.45) is 5.31. The molecule has 6 nitrogen and oxygen atoms in total. The molecule has 0 aliphatic rings. The zero-order valence-corrected chi connectivity index (χ0v) is 16.5. The molecule has 0 spiro atoms. The fraction of sp³-hybridized carbons (Fsp3) is 0.238. The maximum atomic E-state index is 12.2. The topological polar surface area (TPSA) is 84.2 Å². The number of carbonyl (C=O) groups excluding carboxylic acids is 2. The van der Waals surface area contributed by atoms with Crippen molar-refractivity contribution in [3.8, 4) is 0 Å². The predicted octanol–water partition coefficient (Wildman–Crippen LogP) is 4.09. The summed E-state index contributed by atoms with van der Waals surface area (Å²) in [5, 5.41) is 0. The van der Waals surface area contributed by atoms with E-state index in [1.165, 1.54) is 17.4 Å². The number of carbonyl (C=O) groups is 2. The summed E-state index contributed by atoms with van der Waals surface area (Å²) >= 11 is 1.50. The maximum Gasteiger partial charge on any atom is 0.345 e. The molecule has 3 aromatic heterocycles. The Kier molecular flexibility index (Phi) is 6.49. The van der Waals surface area contributed by atoms with Crippen LogP contribution < -0.4 is 0 Å². The first-order valence-electron chi connectivity index (χ1n) is 9.06. The second-order valence-corrected chi connectivity index (χ2v) is 7.07. The third kappa shape index (κ3) is 4.43. The van der Waals surface area contributed by atoms with E-state index in [2.05, 4.69) is 9.97 Å². The van der Waals surface area contributed by atoms with Crippen molar-refractivity contribution in [3.05, 3.63) is 75.5 Å². The molecule has 0 saturated carbocycles. The first kappa shape index (κ1) is 19.7. The molecular weight excluding hydrogens is 376 g/mol. The molecule has 3 aromatic rings. The molecule has 0 aromatic carbocycles. The van der Waals surface area contributed by atoms with Gasteiger partial charge in [0.25, 0.3) is 0 Å². The Morgan fingerprint density at radius 3 is 2.00 bits per heavy atom. The largest absolute Gasteiger partial charge is 0.462 e. The van der Waals surface area contributed by atoms with E-state index in [1.807, 2.05) is 48.8 Å². The average molecular weight is 398 g/mol. The molecule has 28 heavy (non-hydrogen) atoms. The van der Waals surface area contributed by atoms with E-state index in [4.69, 9.17) is 9.47 Å². The lowest BCUT2D eigenvalue weighted by atomic mass is 10.00. The highest BCUT2D eigenvalue weighted by Gasteiger charge is 2.23. The highest BCUT2D eigenvalue weighted by molar-refractivity contribution is 7.13. The minimum atomic E-state index is -0.679. The predicted molar refractivity (Wildman–Crippen MR) is 108 cm³/mol. The van der Waals surface area contributed by atoms with E-state index in [-0.39, 0.29) is 24.7 Å². The molecular formula is C21H22N2O4S. The number of hydrogen-bond acceptors (Lipinski definition) is 5. The fourth-order valence-corrected chi connectivity index (χ4v) is 3.98. The number of aromatic amines is 2. The van der Waals surface area contributed by atoms with Crippen LogP contribution in [0.1, 0.15) is 40.9 Å². The molecule has 3 heterocycles. The zero-order valence-electron chi connectivity index (χ0n) is 15.7. The average Bonchev–Trinajstić information content (AvgIpc) is 3.44. The van der Waals surface area contributed by atoms with E-state index in [0.717, 1.165) is 21.1 Å². The van der Waals surface area contributed by atoms with Crippen molar-refractivity contribution in [1.29, 1.82) is 0 Å². The summed E-state index contributed by atoms with van der Waals surface area (Å²) in [6.45, 7) is 3.77. The van der Waals surface area contributed by atoms with Crippen LogP contribution in [0.15, 0.2) is 54.4 Å². The van der Waals surface area contributed by atoms with Crippen molar-refractivity contribution in [3.63, 3.8) is 0 Å². The lowest BCUT2D eigenvalue weighted by Gasteiger charge is -2.12. The highest BCUT2D eigenvalue weighted by atomic mass is 32.1. The Morgan fingerprint density at radius 2 is 1.54 bits per heavy atom. The van der Waals surface area contributed by atoms with Crippen molar-refractivity contribution in [2.45, 2.75) is 19.8 Å². The second kappa shape index (κ2) is 9.23. The van der Waals surface area contributed by atoms with Gasteiger partial charge in [0.05, 0.1) is 19.1 Å². The normalized spacial score (nSPS) is 10.7. The maximum absolute atomic E-state index is 12.2. The van der Waals surface area contributed by atoms with Gasteiger partial charge in [-0.05, 0) is 56.3 Å². The molecule has 0 atom stereocenters. The van der Waals surface area contributed by atoms with Crippen LogP contribution in [0.4, 0.5) is 0 Å². The van der Waals surface area contributed by atoms with Gasteiger partial charge < -0.3 is 19.4 Å². The number of rotatable bonds is 8. The number of thiophene rings is 1. The van der Waals surface area contributed by atoms with Gasteiger partial charge in [-0.25, -0.2) is 9.59 Å². The van der Waals surface area contributed by atoms with E-state index >= 15 is 0 Å². The van der Waals surface area contributed by atoms with Gasteiger partial charge in [-0.1, -0.05) is 0 Å². The van der Waals surface area contributed by atoms with Crippen LogP contribution in [0.25, 0.3) is 6.08 Å². The summed E-state index contributed by atoms with van der Waals surface area (Å²) < 4.78 is 10.0. The summed E-state index contributed by atoms with van der Waals surface area (Å²) in [5.41, 5.74) is 2.00. The minimum absolute atomic E-state index is 0.00536. The number of esters is 2. The van der Waals surface area contributed by atoms with E-state index in [0.29, 0.717) is 0 Å². The number of H-pyrrole nitrogens is 2. The van der Waals surface area contributed by atoms with Crippen LogP contribution in [-0.4, -0.2) is 35.1 Å². The molecule has 0 radical (unpaired) electrons. The van der Waals surface area contributed by atoms with Gasteiger partial charge in [0.1, 0.15) is 5.57 Å². The van der Waals surface area contributed by atoms with Gasteiger partial charge in [0.2, 0.25) is 0 Å². The number of hydrogen-bond donors (Lipinski definition) is 2. The first-order chi connectivity index (χ1) is 13.6. The Morgan fingerprint density at radius 1 is 0.964 bits per heavy atom. The number of aromatic nitrogens is 2. The molecule has 0 amide bonds. The smallest absolute Gasteiger partial charge is 0.345 e. The second-order valence-electron chi connectivity index (χ2n) is 5.92. The van der Waals surface area contributed by atoms with Crippen molar-refractivity contribution in [2.24, 2.45) is 0 Å². The molecule has 0 unspecified atom stereocenters. The molecule has 0 saturated heterocycles. The molecule has 7 heteroatoms. The molecule has 0 bridgehead atoms. The summed E-state index contributed by atoms with van der Waals surface area (Å²) in [6, 6.07) is 11.9. The zero-order chi connectivity index (χ0) is 19.9. The monoisotopic (exact) mass is 398 g/mol. The van der Waals surface area contributed by atoms with E-state index in [9.17, 15) is 9.59 Å². The van der Waals surface area contributed by atoms with Crippen LogP contribution >= 0.6 is 11.3 Å². The Labute approximate surface area is 167 Å². The standard InChI is InChI=1S/C21H22N2O4S/c1-3-26-20(24)15(21(25)27-4-2)13-14-9-10-18(28-14)19(16-7-5-11-22-16)17-8-6-12-23-17/h5-13,19,22-23H,3-4H2,1-2H3. The Hall–Kier alpha value is -3.06. The van der Waals surface area contributed by atoms with Crippen molar-refractivity contribution >= 4 is 29.4 Å². The van der Waals surface area contributed by atoms with E-state index < -0.39 is 11.9 Å². The number of ether oxygens (including phenoxy) is 2. The van der Waals surface area contributed by atoms with Crippen LogP contribution in [0, 0.1) is 0 Å². The minimum Gasteiger partial charge on any atom is -0.462 e. The van der Waals surface area contributed by atoms with Crippen LogP contribution in [0.2, 0.25) is 0 Å². The van der Waals surface area contributed by atoms with Crippen molar-refractivity contribution in [1.82, 2.24) is 9.97 Å². The van der Waals surface area contributed by atoms with Gasteiger partial charge in [-0.3, -0.25) is 0 Å².